The normalized spacial score (nSPS) is 19.2. The van der Waals surface area contributed by atoms with Gasteiger partial charge in [0.1, 0.15) is 12.9 Å². The van der Waals surface area contributed by atoms with Crippen molar-refractivity contribution in [3.05, 3.63) is 36.7 Å². The van der Waals surface area contributed by atoms with Crippen molar-refractivity contribution in [3.63, 3.8) is 0 Å². The molecule has 1 aromatic heterocycles. The molecule has 138 valence electrons. The number of nitrogens with one attached hydrogen (secondary N) is 1. The number of amides is 1. The number of nitrogens with zero attached hydrogens (tertiary/aromatic N) is 4. The second kappa shape index (κ2) is 8.09. The van der Waals surface area contributed by atoms with Crippen LogP contribution >= 0.6 is 0 Å². The van der Waals surface area contributed by atoms with Gasteiger partial charge in [-0.1, -0.05) is 37.3 Å². The third kappa shape index (κ3) is 4.45. The minimum absolute atomic E-state index is 0.0447. The summed E-state index contributed by atoms with van der Waals surface area (Å²) in [5.41, 5.74) is 0.909. The lowest BCUT2D eigenvalue weighted by atomic mass is 9.85. The fraction of sp³-hybridized carbons (Fsp3) is 0.444. The lowest BCUT2D eigenvalue weighted by Crippen LogP contribution is -2.55. The second-order valence-electron chi connectivity index (χ2n) is 6.48. The van der Waals surface area contributed by atoms with Crippen LogP contribution in [0.4, 0.5) is 0 Å². The van der Waals surface area contributed by atoms with Crippen LogP contribution in [0.3, 0.4) is 0 Å². The van der Waals surface area contributed by atoms with Gasteiger partial charge in [-0.05, 0) is 19.4 Å². The number of likely N-dealkylation sites (N-methyl/N-ethyl adjacent to an activating group) is 1. The molecule has 1 fully saturated rings. The first-order chi connectivity index (χ1) is 12.5. The first-order valence-electron chi connectivity index (χ1n) is 8.75. The van der Waals surface area contributed by atoms with Gasteiger partial charge in [0.25, 0.3) is 0 Å². The number of hydrogen-bond acceptors (Lipinski definition) is 5. The number of carboxylic acid groups (broad SMARTS) is 1. The second-order valence-corrected chi connectivity index (χ2v) is 6.48. The van der Waals surface area contributed by atoms with Crippen molar-refractivity contribution in [2.24, 2.45) is 0 Å². The summed E-state index contributed by atoms with van der Waals surface area (Å²) < 4.78 is 1.52. The summed E-state index contributed by atoms with van der Waals surface area (Å²) in [6.45, 7) is 2.80. The maximum Gasteiger partial charge on any atom is 0.317 e. The Morgan fingerprint density at radius 2 is 2.04 bits per heavy atom. The summed E-state index contributed by atoms with van der Waals surface area (Å²) in [6, 6.07) is 9.91. The molecule has 2 N–H and O–H groups in total. The van der Waals surface area contributed by atoms with E-state index in [1.54, 1.807) is 6.33 Å². The Kier molecular flexibility index (Phi) is 5.62. The maximum absolute atomic E-state index is 12.2. The summed E-state index contributed by atoms with van der Waals surface area (Å²) in [7, 11) is 0. The molecule has 1 aliphatic rings. The Morgan fingerprint density at radius 3 is 2.69 bits per heavy atom. The molecule has 1 aliphatic carbocycles. The van der Waals surface area contributed by atoms with Crippen molar-refractivity contribution in [1.82, 2.24) is 25.0 Å². The molecule has 0 radical (unpaired) electrons. The van der Waals surface area contributed by atoms with Crippen molar-refractivity contribution in [2.75, 3.05) is 13.1 Å². The number of carboxylic acids is 1. The van der Waals surface area contributed by atoms with Crippen LogP contribution in [0.25, 0.3) is 11.4 Å². The molecule has 0 spiro atoms. The third-order valence-electron chi connectivity index (χ3n) is 4.61. The molecule has 2 aromatic rings. The van der Waals surface area contributed by atoms with Gasteiger partial charge in [-0.25, -0.2) is 9.67 Å². The molecule has 0 saturated heterocycles. The minimum atomic E-state index is -0.820. The number of aliphatic carboxylic acids is 1. The molecule has 3 rings (SSSR count). The van der Waals surface area contributed by atoms with E-state index in [1.807, 2.05) is 42.2 Å². The van der Waals surface area contributed by atoms with Crippen LogP contribution in [-0.2, 0) is 16.1 Å². The first-order valence-corrected chi connectivity index (χ1v) is 8.75. The van der Waals surface area contributed by atoms with Crippen LogP contribution in [0.2, 0.25) is 0 Å². The lowest BCUT2D eigenvalue weighted by Gasteiger charge is -2.42. The van der Waals surface area contributed by atoms with Crippen molar-refractivity contribution >= 4 is 11.9 Å². The van der Waals surface area contributed by atoms with E-state index in [-0.39, 0.29) is 31.1 Å². The Bertz CT molecular complexity index is 755. The average molecular weight is 357 g/mol. The molecule has 1 saturated carbocycles. The van der Waals surface area contributed by atoms with Crippen LogP contribution < -0.4 is 5.32 Å². The largest absolute Gasteiger partial charge is 0.480 e. The van der Waals surface area contributed by atoms with E-state index in [1.165, 1.54) is 4.68 Å². The molecular weight excluding hydrogens is 334 g/mol. The van der Waals surface area contributed by atoms with Gasteiger partial charge in [0.05, 0.1) is 6.54 Å². The van der Waals surface area contributed by atoms with Gasteiger partial charge < -0.3 is 10.4 Å². The van der Waals surface area contributed by atoms with E-state index in [4.69, 9.17) is 5.11 Å². The van der Waals surface area contributed by atoms with Gasteiger partial charge in [-0.3, -0.25) is 14.5 Å². The Hall–Kier alpha value is -2.74. The molecule has 26 heavy (non-hydrogen) atoms. The highest BCUT2D eigenvalue weighted by molar-refractivity contribution is 5.76. The zero-order valence-electron chi connectivity index (χ0n) is 14.7. The van der Waals surface area contributed by atoms with Crippen molar-refractivity contribution in [3.8, 4) is 11.4 Å². The van der Waals surface area contributed by atoms with E-state index in [0.717, 1.165) is 18.4 Å². The van der Waals surface area contributed by atoms with Crippen LogP contribution in [0.5, 0.6) is 0 Å². The van der Waals surface area contributed by atoms with Gasteiger partial charge in [0.15, 0.2) is 5.82 Å². The van der Waals surface area contributed by atoms with E-state index in [0.29, 0.717) is 12.4 Å². The highest BCUT2D eigenvalue weighted by atomic mass is 16.4. The monoisotopic (exact) mass is 357 g/mol. The van der Waals surface area contributed by atoms with Gasteiger partial charge in [-0.15, -0.1) is 0 Å². The highest BCUT2D eigenvalue weighted by Crippen LogP contribution is 2.25. The van der Waals surface area contributed by atoms with Crippen LogP contribution in [-0.4, -0.2) is 61.8 Å². The zero-order valence-corrected chi connectivity index (χ0v) is 14.7. The predicted octanol–water partition coefficient (Wildman–Crippen LogP) is 0.999. The van der Waals surface area contributed by atoms with Gasteiger partial charge in [-0.2, -0.15) is 5.10 Å². The molecule has 0 bridgehead atoms. The van der Waals surface area contributed by atoms with E-state index >= 15 is 0 Å². The third-order valence-corrected chi connectivity index (χ3v) is 4.61. The molecule has 0 atom stereocenters. The summed E-state index contributed by atoms with van der Waals surface area (Å²) >= 11 is 0. The van der Waals surface area contributed by atoms with E-state index < -0.39 is 5.97 Å². The molecule has 1 aromatic carbocycles. The smallest absolute Gasteiger partial charge is 0.317 e. The number of carbonyl (C=O) groups is 2. The minimum Gasteiger partial charge on any atom is -0.480 e. The van der Waals surface area contributed by atoms with Gasteiger partial charge >= 0.3 is 5.97 Å². The van der Waals surface area contributed by atoms with Gasteiger partial charge in [0, 0.05) is 17.6 Å². The fourth-order valence-electron chi connectivity index (χ4n) is 3.19. The van der Waals surface area contributed by atoms with Crippen molar-refractivity contribution in [2.45, 2.75) is 38.4 Å². The maximum atomic E-state index is 12.2. The van der Waals surface area contributed by atoms with E-state index in [9.17, 15) is 9.59 Å². The first kappa shape index (κ1) is 18.1. The van der Waals surface area contributed by atoms with Gasteiger partial charge in [0.2, 0.25) is 5.91 Å². The molecule has 1 heterocycles. The molecule has 8 nitrogen and oxygen atoms in total. The van der Waals surface area contributed by atoms with Crippen LogP contribution in [0.1, 0.15) is 19.8 Å². The zero-order chi connectivity index (χ0) is 18.5. The number of carbonyl (C=O) groups excluding carboxylic acids is 1. The summed E-state index contributed by atoms with van der Waals surface area (Å²) in [5, 5.41) is 16.2. The molecule has 1 amide bonds. The van der Waals surface area contributed by atoms with Crippen LogP contribution in [0, 0.1) is 0 Å². The molecule has 0 aliphatic heterocycles. The Labute approximate surface area is 151 Å². The standard InChI is InChI=1S/C18H23N5O3/c1-2-22(11-17(25)26)15-8-14(9-15)20-16(24)10-23-12-19-18(21-23)13-6-4-3-5-7-13/h3-7,12,14-15H,2,8-11H2,1H3,(H,20,24)(H,25,26). The number of benzene rings is 1. The lowest BCUT2D eigenvalue weighted by molar-refractivity contribution is -0.139. The van der Waals surface area contributed by atoms with Crippen molar-refractivity contribution in [1.29, 1.82) is 0 Å². The summed E-state index contributed by atoms with van der Waals surface area (Å²) in [5.74, 6) is -0.339. The Balaban J connectivity index is 1.46. The number of rotatable bonds is 8. The quantitative estimate of drug-likeness (QED) is 0.731. The SMILES string of the molecule is CCN(CC(=O)O)C1CC(NC(=O)Cn2cnc(-c3ccccc3)n2)C1. The van der Waals surface area contributed by atoms with Crippen molar-refractivity contribution < 1.29 is 14.7 Å². The molecule has 0 unspecified atom stereocenters. The molecular formula is C18H23N5O3. The van der Waals surface area contributed by atoms with Crippen LogP contribution in [0.15, 0.2) is 36.7 Å². The highest BCUT2D eigenvalue weighted by Gasteiger charge is 2.34. The topological polar surface area (TPSA) is 100 Å². The van der Waals surface area contributed by atoms with E-state index in [2.05, 4.69) is 15.4 Å². The Morgan fingerprint density at radius 1 is 1.31 bits per heavy atom. The number of hydrogen-bond donors (Lipinski definition) is 2. The summed E-state index contributed by atoms with van der Waals surface area (Å²) in [4.78, 5) is 29.2. The molecule has 8 heteroatoms. The average Bonchev–Trinajstić information content (AvgIpc) is 3.05. The fourth-order valence-corrected chi connectivity index (χ4v) is 3.19. The number of aromatic nitrogens is 3. The summed E-state index contributed by atoms with van der Waals surface area (Å²) in [6.07, 6.45) is 3.11. The predicted molar refractivity (Wildman–Crippen MR) is 95.3 cm³/mol.